The Morgan fingerprint density at radius 2 is 0.774 bits per heavy atom. The van der Waals surface area contributed by atoms with E-state index in [1.54, 1.807) is 0 Å². The molecule has 1 aromatic heterocycles. The van der Waals surface area contributed by atoms with Gasteiger partial charge in [0.15, 0.2) is 0 Å². The Morgan fingerprint density at radius 1 is 0.298 bits per heavy atom. The summed E-state index contributed by atoms with van der Waals surface area (Å²) in [5.74, 6) is 0. The van der Waals surface area contributed by atoms with Gasteiger partial charge in [0.05, 0.1) is 27.8 Å². The smallest absolute Gasteiger partial charge is 0.0782 e. The van der Waals surface area contributed by atoms with E-state index in [0.717, 1.165) is 56.0 Å². The quantitative estimate of drug-likeness (QED) is 0.147. The van der Waals surface area contributed by atoms with Crippen molar-refractivity contribution in [3.63, 3.8) is 0 Å². The van der Waals surface area contributed by atoms with Gasteiger partial charge in [0.25, 0.3) is 0 Å². The lowest BCUT2D eigenvalue weighted by atomic mass is 9.69. The molecule has 0 unspecified atom stereocenters. The Labute approximate surface area is 490 Å². The van der Waals surface area contributed by atoms with Gasteiger partial charge < -0.3 is 9.47 Å². The fraction of sp³-hybridized carbons (Fsp3) is 0.0488. The van der Waals surface area contributed by atoms with E-state index < -0.39 is 5.41 Å². The molecule has 0 fully saturated rings. The van der Waals surface area contributed by atoms with Gasteiger partial charge in [0.1, 0.15) is 0 Å². The standard InChI is InChI=1S/C82H56N2/c1-81(2)69-38-18-14-35-66(69)78-77-67-36-15-21-41-72(67)82(70-39-19-12-32-62(70)63-33-13-20-40-71(63)82)73(77)52-68(79(78)81)58-49-57(54-27-8-4-9-28-54)50-60(51-58)83(74-42-22-16-31-61(74)56-29-10-5-11-30-56)76-44-24-37-65-64-34-17-23-43-75(64)84(80(65)76)59-47-45-55(46-48-59)53-25-6-3-7-26-53/h3-52H,1-2H3. The third kappa shape index (κ3) is 6.86. The van der Waals surface area contributed by atoms with Crippen LogP contribution in [0.5, 0.6) is 0 Å². The minimum absolute atomic E-state index is 0.350. The van der Waals surface area contributed by atoms with Crippen LogP contribution in [0.15, 0.2) is 303 Å². The van der Waals surface area contributed by atoms with Crippen molar-refractivity contribution in [2.24, 2.45) is 0 Å². The molecule has 17 rings (SSSR count). The summed E-state index contributed by atoms with van der Waals surface area (Å²) >= 11 is 0. The fourth-order valence-corrected chi connectivity index (χ4v) is 15.3. The molecule has 1 heterocycles. The van der Waals surface area contributed by atoms with E-state index in [9.17, 15) is 0 Å². The lowest BCUT2D eigenvalue weighted by Gasteiger charge is -2.33. The number of aromatic nitrogens is 1. The van der Waals surface area contributed by atoms with Crippen LogP contribution in [0.1, 0.15) is 47.2 Å². The van der Waals surface area contributed by atoms with Gasteiger partial charge in [-0.05, 0) is 160 Å². The first-order valence-electron chi connectivity index (χ1n) is 29.4. The first-order chi connectivity index (χ1) is 41.5. The van der Waals surface area contributed by atoms with Crippen LogP contribution in [-0.2, 0) is 10.8 Å². The van der Waals surface area contributed by atoms with Crippen molar-refractivity contribution in [1.82, 2.24) is 4.57 Å². The largest absolute Gasteiger partial charge is 0.308 e. The molecule has 1 spiro atoms. The van der Waals surface area contributed by atoms with Crippen LogP contribution in [0.25, 0.3) is 105 Å². The van der Waals surface area contributed by atoms with E-state index in [1.807, 2.05) is 0 Å². The molecule has 0 atom stereocenters. The molecule has 0 saturated carbocycles. The first kappa shape index (κ1) is 48.2. The van der Waals surface area contributed by atoms with Gasteiger partial charge >= 0.3 is 0 Å². The van der Waals surface area contributed by atoms with Gasteiger partial charge in [-0.15, -0.1) is 0 Å². The monoisotopic (exact) mass is 1070 g/mol. The highest BCUT2D eigenvalue weighted by Crippen LogP contribution is 2.68. The summed E-state index contributed by atoms with van der Waals surface area (Å²) in [6.07, 6.45) is 0. The van der Waals surface area contributed by atoms with Crippen LogP contribution in [-0.4, -0.2) is 4.57 Å². The minimum Gasteiger partial charge on any atom is -0.308 e. The van der Waals surface area contributed by atoms with Crippen LogP contribution >= 0.6 is 0 Å². The average Bonchev–Trinajstić information content (AvgIpc) is 1.54. The second-order valence-corrected chi connectivity index (χ2v) is 23.4. The molecule has 0 bridgehead atoms. The SMILES string of the molecule is CC1(C)c2ccccc2-c2c3c(cc(-c4cc(-c5ccccc5)cc(N(c5ccccc5-c5ccccc5)c5cccc6c7ccccc7n(-c7ccc(-c8ccccc8)cc7)c56)c4)c21)C1(c2ccccc2-c2ccccc21)c1ccccc1-3. The molecule has 3 aliphatic carbocycles. The Kier molecular flexibility index (Phi) is 10.6. The zero-order chi connectivity index (χ0) is 55.7. The topological polar surface area (TPSA) is 8.17 Å². The molecule has 0 N–H and O–H groups in total. The van der Waals surface area contributed by atoms with E-state index in [2.05, 4.69) is 327 Å². The lowest BCUT2D eigenvalue weighted by Crippen LogP contribution is -2.26. The summed E-state index contributed by atoms with van der Waals surface area (Å²) in [5, 5.41) is 2.40. The second-order valence-electron chi connectivity index (χ2n) is 23.4. The van der Waals surface area contributed by atoms with Gasteiger partial charge in [-0.1, -0.05) is 263 Å². The highest BCUT2D eigenvalue weighted by atomic mass is 15.2. The fourth-order valence-electron chi connectivity index (χ4n) is 15.3. The molecule has 0 radical (unpaired) electrons. The molecule has 0 amide bonds. The Hall–Kier alpha value is -10.5. The zero-order valence-electron chi connectivity index (χ0n) is 46.8. The van der Waals surface area contributed by atoms with Crippen LogP contribution in [0.2, 0.25) is 0 Å². The third-order valence-electron chi connectivity index (χ3n) is 18.7. The van der Waals surface area contributed by atoms with Crippen molar-refractivity contribution in [3.05, 3.63) is 337 Å². The number of anilines is 3. The molecule has 394 valence electrons. The maximum Gasteiger partial charge on any atom is 0.0782 e. The van der Waals surface area contributed by atoms with E-state index in [-0.39, 0.29) is 5.41 Å². The third-order valence-corrected chi connectivity index (χ3v) is 18.7. The van der Waals surface area contributed by atoms with Crippen molar-refractivity contribution in [1.29, 1.82) is 0 Å². The van der Waals surface area contributed by atoms with Gasteiger partial charge in [-0.2, -0.15) is 0 Å². The number of hydrogen-bond acceptors (Lipinski definition) is 1. The molecule has 0 saturated heterocycles. The Morgan fingerprint density at radius 3 is 1.44 bits per heavy atom. The van der Waals surface area contributed by atoms with Gasteiger partial charge in [0, 0.05) is 33.1 Å². The highest BCUT2D eigenvalue weighted by molar-refractivity contribution is 6.15. The number of para-hydroxylation sites is 3. The molecular formula is C82H56N2. The van der Waals surface area contributed by atoms with Gasteiger partial charge in [-0.3, -0.25) is 0 Å². The normalized spacial score (nSPS) is 13.5. The van der Waals surface area contributed by atoms with Crippen molar-refractivity contribution >= 4 is 38.9 Å². The van der Waals surface area contributed by atoms with Crippen molar-refractivity contribution in [2.45, 2.75) is 24.7 Å². The maximum atomic E-state index is 2.65. The number of hydrogen-bond donors (Lipinski definition) is 0. The van der Waals surface area contributed by atoms with Crippen LogP contribution in [0, 0.1) is 0 Å². The second kappa shape index (κ2) is 18.5. The van der Waals surface area contributed by atoms with E-state index >= 15 is 0 Å². The van der Waals surface area contributed by atoms with E-state index in [4.69, 9.17) is 0 Å². The summed E-state index contributed by atoms with van der Waals surface area (Å²) in [6.45, 7) is 4.92. The van der Waals surface area contributed by atoms with Crippen LogP contribution < -0.4 is 4.90 Å². The van der Waals surface area contributed by atoms with E-state index in [1.165, 1.54) is 99.8 Å². The van der Waals surface area contributed by atoms with Crippen molar-refractivity contribution < 1.29 is 0 Å². The Balaban J connectivity index is 0.997. The number of nitrogens with zero attached hydrogens (tertiary/aromatic N) is 2. The van der Waals surface area contributed by atoms with Gasteiger partial charge in [0.2, 0.25) is 0 Å². The van der Waals surface area contributed by atoms with Crippen LogP contribution in [0.3, 0.4) is 0 Å². The highest BCUT2D eigenvalue weighted by Gasteiger charge is 2.54. The average molecular weight is 1070 g/mol. The number of rotatable bonds is 8. The summed E-state index contributed by atoms with van der Waals surface area (Å²) < 4.78 is 2.50. The summed E-state index contributed by atoms with van der Waals surface area (Å²) in [5.41, 5.74) is 31.2. The maximum absolute atomic E-state index is 2.65. The predicted octanol–water partition coefficient (Wildman–Crippen LogP) is 21.6. The van der Waals surface area contributed by atoms with E-state index in [0.29, 0.717) is 0 Å². The molecule has 84 heavy (non-hydrogen) atoms. The summed E-state index contributed by atoms with van der Waals surface area (Å²) in [4.78, 5) is 2.57. The molecule has 3 aliphatic rings. The van der Waals surface area contributed by atoms with Gasteiger partial charge in [-0.25, -0.2) is 0 Å². The Bertz CT molecular complexity index is 4920. The molecule has 2 nitrogen and oxygen atoms in total. The minimum atomic E-state index is -0.548. The molecule has 14 aromatic rings. The molecule has 0 aliphatic heterocycles. The predicted molar refractivity (Wildman–Crippen MR) is 351 cm³/mol. The molecular weight excluding hydrogens is 1010 g/mol. The number of fused-ring (bicyclic) bond motifs is 17. The summed E-state index contributed by atoms with van der Waals surface area (Å²) in [6, 6.07) is 114. The lowest BCUT2D eigenvalue weighted by molar-refractivity contribution is 0.661. The molecule has 13 aromatic carbocycles. The van der Waals surface area contributed by atoms with Crippen LogP contribution in [0.4, 0.5) is 17.1 Å². The zero-order valence-corrected chi connectivity index (χ0v) is 46.8. The number of benzene rings is 13. The van der Waals surface area contributed by atoms with Crippen molar-refractivity contribution in [3.8, 4) is 83.6 Å². The molecule has 2 heteroatoms. The first-order valence-corrected chi connectivity index (χ1v) is 29.4. The summed E-state index contributed by atoms with van der Waals surface area (Å²) in [7, 11) is 0. The van der Waals surface area contributed by atoms with Crippen molar-refractivity contribution in [2.75, 3.05) is 4.90 Å².